The number of hydrogen-bond donors (Lipinski definition) is 2. The number of rotatable bonds is 7. The van der Waals surface area contributed by atoms with E-state index in [0.29, 0.717) is 36.6 Å². The van der Waals surface area contributed by atoms with Gasteiger partial charge in [0.1, 0.15) is 0 Å². The van der Waals surface area contributed by atoms with Crippen LogP contribution in [0.1, 0.15) is 10.4 Å². The molecule has 1 aromatic carbocycles. The van der Waals surface area contributed by atoms with Crippen molar-refractivity contribution in [3.63, 3.8) is 0 Å². The van der Waals surface area contributed by atoms with Crippen molar-refractivity contribution >= 4 is 17.3 Å². The lowest BCUT2D eigenvalue weighted by Crippen LogP contribution is -2.32. The summed E-state index contributed by atoms with van der Waals surface area (Å²) in [4.78, 5) is 13.6. The number of aliphatic hydroxyl groups excluding tert-OH is 1. The highest BCUT2D eigenvalue weighted by atomic mass is 16.5. The Morgan fingerprint density at radius 3 is 2.68 bits per heavy atom. The first-order valence-electron chi connectivity index (χ1n) is 5.97. The van der Waals surface area contributed by atoms with Gasteiger partial charge < -0.3 is 25.2 Å². The number of nitrogen functional groups attached to an aromatic ring is 1. The van der Waals surface area contributed by atoms with Gasteiger partial charge >= 0.3 is 5.97 Å². The molecule has 0 amide bonds. The van der Waals surface area contributed by atoms with Crippen LogP contribution in [0.15, 0.2) is 18.2 Å². The molecule has 0 unspecified atom stereocenters. The quantitative estimate of drug-likeness (QED) is 0.553. The number of carbonyl (C=O) groups is 1. The number of para-hydroxylation sites is 1. The number of benzene rings is 1. The first-order chi connectivity index (χ1) is 9.15. The molecule has 1 aromatic rings. The molecule has 0 aliphatic carbocycles. The van der Waals surface area contributed by atoms with Crippen LogP contribution in [0.25, 0.3) is 0 Å². The molecule has 3 N–H and O–H groups in total. The van der Waals surface area contributed by atoms with Crippen molar-refractivity contribution in [2.24, 2.45) is 0 Å². The van der Waals surface area contributed by atoms with E-state index in [0.717, 1.165) is 0 Å². The molecule has 0 radical (unpaired) electrons. The minimum Gasteiger partial charge on any atom is -0.465 e. The number of esters is 1. The van der Waals surface area contributed by atoms with Crippen LogP contribution in [-0.2, 0) is 9.47 Å². The Morgan fingerprint density at radius 2 is 2.11 bits per heavy atom. The number of methoxy groups -OCH3 is 2. The van der Waals surface area contributed by atoms with Gasteiger partial charge in [-0.05, 0) is 12.1 Å². The minimum absolute atomic E-state index is 0.0430. The topological polar surface area (TPSA) is 85.0 Å². The van der Waals surface area contributed by atoms with E-state index in [2.05, 4.69) is 0 Å². The lowest BCUT2D eigenvalue weighted by Gasteiger charge is -2.26. The van der Waals surface area contributed by atoms with Crippen molar-refractivity contribution in [1.82, 2.24) is 0 Å². The third kappa shape index (κ3) is 3.84. The van der Waals surface area contributed by atoms with Crippen LogP contribution in [0.3, 0.4) is 0 Å². The summed E-state index contributed by atoms with van der Waals surface area (Å²) in [5.41, 5.74) is 7.36. The zero-order chi connectivity index (χ0) is 14.3. The molecule has 19 heavy (non-hydrogen) atoms. The molecule has 0 saturated carbocycles. The van der Waals surface area contributed by atoms with Gasteiger partial charge in [-0.1, -0.05) is 6.07 Å². The van der Waals surface area contributed by atoms with E-state index >= 15 is 0 Å². The van der Waals surface area contributed by atoms with Crippen LogP contribution in [-0.4, -0.2) is 51.6 Å². The lowest BCUT2D eigenvalue weighted by atomic mass is 10.1. The van der Waals surface area contributed by atoms with Crippen molar-refractivity contribution in [2.75, 3.05) is 51.2 Å². The van der Waals surface area contributed by atoms with Gasteiger partial charge in [-0.25, -0.2) is 4.79 Å². The average molecular weight is 268 g/mol. The van der Waals surface area contributed by atoms with Crippen LogP contribution >= 0.6 is 0 Å². The molecule has 0 atom stereocenters. The summed E-state index contributed by atoms with van der Waals surface area (Å²) >= 11 is 0. The van der Waals surface area contributed by atoms with E-state index in [1.807, 2.05) is 4.90 Å². The molecule has 0 aliphatic rings. The van der Waals surface area contributed by atoms with E-state index in [4.69, 9.17) is 20.3 Å². The van der Waals surface area contributed by atoms with Crippen molar-refractivity contribution < 1.29 is 19.4 Å². The van der Waals surface area contributed by atoms with Crippen LogP contribution in [0.2, 0.25) is 0 Å². The van der Waals surface area contributed by atoms with Gasteiger partial charge in [0, 0.05) is 20.2 Å². The van der Waals surface area contributed by atoms with Crippen LogP contribution < -0.4 is 10.6 Å². The Kier molecular flexibility index (Phi) is 6.11. The molecule has 0 saturated heterocycles. The number of anilines is 2. The number of nitrogens with zero attached hydrogens (tertiary/aromatic N) is 1. The number of ether oxygens (including phenoxy) is 2. The Hall–Kier alpha value is -1.79. The highest BCUT2D eigenvalue weighted by Gasteiger charge is 2.19. The Balaban J connectivity index is 3.15. The van der Waals surface area contributed by atoms with E-state index in [-0.39, 0.29) is 6.61 Å². The first kappa shape index (κ1) is 15.3. The number of carbonyl (C=O) groups excluding carboxylic acids is 1. The fraction of sp³-hybridized carbons (Fsp3) is 0.462. The Bertz CT molecular complexity index is 423. The fourth-order valence-corrected chi connectivity index (χ4v) is 1.85. The monoisotopic (exact) mass is 268 g/mol. The van der Waals surface area contributed by atoms with Gasteiger partial charge in [0.2, 0.25) is 0 Å². The number of aliphatic hydroxyl groups is 1. The maximum Gasteiger partial charge on any atom is 0.340 e. The Labute approximate surface area is 112 Å². The highest BCUT2D eigenvalue weighted by Crippen LogP contribution is 2.28. The second kappa shape index (κ2) is 7.60. The van der Waals surface area contributed by atoms with E-state index in [9.17, 15) is 4.79 Å². The predicted octanol–water partition coefficient (Wildman–Crippen LogP) is 0.501. The summed E-state index contributed by atoms with van der Waals surface area (Å²) < 4.78 is 9.78. The molecular weight excluding hydrogens is 248 g/mol. The molecule has 0 bridgehead atoms. The van der Waals surface area contributed by atoms with Crippen LogP contribution in [0.5, 0.6) is 0 Å². The molecule has 6 heteroatoms. The number of hydrogen-bond acceptors (Lipinski definition) is 6. The van der Waals surface area contributed by atoms with Crippen LogP contribution in [0, 0.1) is 0 Å². The average Bonchev–Trinajstić information content (AvgIpc) is 2.42. The van der Waals surface area contributed by atoms with Crippen molar-refractivity contribution in [2.45, 2.75) is 0 Å². The predicted molar refractivity (Wildman–Crippen MR) is 73.4 cm³/mol. The summed E-state index contributed by atoms with van der Waals surface area (Å²) in [5.74, 6) is -0.456. The summed E-state index contributed by atoms with van der Waals surface area (Å²) in [6, 6.07) is 5.05. The van der Waals surface area contributed by atoms with Gasteiger partial charge in [-0.15, -0.1) is 0 Å². The van der Waals surface area contributed by atoms with Gasteiger partial charge in [0.15, 0.2) is 0 Å². The van der Waals surface area contributed by atoms with Crippen molar-refractivity contribution in [1.29, 1.82) is 0 Å². The minimum atomic E-state index is -0.456. The van der Waals surface area contributed by atoms with Gasteiger partial charge in [0.25, 0.3) is 0 Å². The third-order valence-corrected chi connectivity index (χ3v) is 2.72. The molecule has 1 rings (SSSR count). The molecule has 0 fully saturated rings. The van der Waals surface area contributed by atoms with Gasteiger partial charge in [-0.2, -0.15) is 0 Å². The smallest absolute Gasteiger partial charge is 0.340 e. The summed E-state index contributed by atoms with van der Waals surface area (Å²) in [6.07, 6.45) is 0. The molecule has 106 valence electrons. The zero-order valence-electron chi connectivity index (χ0n) is 11.3. The second-order valence-corrected chi connectivity index (χ2v) is 3.94. The normalized spacial score (nSPS) is 10.3. The largest absolute Gasteiger partial charge is 0.465 e. The molecular formula is C13H20N2O4. The zero-order valence-corrected chi connectivity index (χ0v) is 11.3. The molecule has 0 aliphatic heterocycles. The van der Waals surface area contributed by atoms with E-state index in [1.165, 1.54) is 7.11 Å². The third-order valence-electron chi connectivity index (χ3n) is 2.72. The summed E-state index contributed by atoms with van der Waals surface area (Å²) in [5, 5.41) is 9.14. The highest BCUT2D eigenvalue weighted by molar-refractivity contribution is 5.99. The standard InChI is InChI=1S/C13H20N2O4/c1-18-9-7-15(6-8-16)12-10(13(17)19-2)4-3-5-11(12)14/h3-5,16H,6-9,14H2,1-2H3. The lowest BCUT2D eigenvalue weighted by molar-refractivity contribution is 0.0601. The second-order valence-electron chi connectivity index (χ2n) is 3.94. The van der Waals surface area contributed by atoms with Crippen molar-refractivity contribution in [3.05, 3.63) is 23.8 Å². The van der Waals surface area contributed by atoms with Gasteiger partial charge in [-0.3, -0.25) is 0 Å². The van der Waals surface area contributed by atoms with Gasteiger partial charge in [0.05, 0.1) is 37.3 Å². The molecule has 6 nitrogen and oxygen atoms in total. The Morgan fingerprint density at radius 1 is 1.37 bits per heavy atom. The first-order valence-corrected chi connectivity index (χ1v) is 5.97. The number of nitrogens with two attached hydrogens (primary N) is 1. The maximum atomic E-state index is 11.8. The van der Waals surface area contributed by atoms with E-state index < -0.39 is 5.97 Å². The van der Waals surface area contributed by atoms with Crippen molar-refractivity contribution in [3.8, 4) is 0 Å². The molecule has 0 heterocycles. The SMILES string of the molecule is COCCN(CCO)c1c(N)cccc1C(=O)OC. The maximum absolute atomic E-state index is 11.8. The van der Waals surface area contributed by atoms with E-state index in [1.54, 1.807) is 25.3 Å². The van der Waals surface area contributed by atoms with Crippen LogP contribution in [0.4, 0.5) is 11.4 Å². The molecule has 0 aromatic heterocycles. The fourth-order valence-electron chi connectivity index (χ4n) is 1.85. The summed E-state index contributed by atoms with van der Waals surface area (Å²) in [6.45, 7) is 1.31. The summed E-state index contributed by atoms with van der Waals surface area (Å²) in [7, 11) is 2.91. The molecule has 0 spiro atoms.